The Balaban J connectivity index is 0.00000529. The van der Waals surface area contributed by atoms with E-state index in [4.69, 9.17) is 4.74 Å². The molecule has 0 radical (unpaired) electrons. The van der Waals surface area contributed by atoms with Gasteiger partial charge in [-0.2, -0.15) is 0 Å². The van der Waals surface area contributed by atoms with Gasteiger partial charge in [0.15, 0.2) is 0 Å². The van der Waals surface area contributed by atoms with Crippen LogP contribution < -0.4 is 34.7 Å². The molecule has 0 aromatic carbocycles. The first-order valence-corrected chi connectivity index (χ1v) is 9.15. The summed E-state index contributed by atoms with van der Waals surface area (Å²) in [6.07, 6.45) is 14.0. The summed E-state index contributed by atoms with van der Waals surface area (Å²) in [7, 11) is 0. The monoisotopic (exact) mass is 346 g/mol. The molecule has 132 valence electrons. The van der Waals surface area contributed by atoms with Crippen LogP contribution in [0.25, 0.3) is 0 Å². The molecule has 0 N–H and O–H groups in total. The standard InChI is InChI=1S/C19H32O4.Na/c1-2-3-4-5-6-7-8-9-12-15-23-19(22)17-14-11-10-13-16(17)18(20)21;/h2,16-17H,1,3-15H2,(H,20,21);/q;+1/p-1. The molecule has 0 aliphatic heterocycles. The molecule has 2 unspecified atom stereocenters. The van der Waals surface area contributed by atoms with E-state index >= 15 is 0 Å². The third kappa shape index (κ3) is 9.85. The topological polar surface area (TPSA) is 66.4 Å². The maximum absolute atomic E-state index is 12.0. The van der Waals surface area contributed by atoms with Crippen molar-refractivity contribution in [1.82, 2.24) is 0 Å². The molecule has 2 atom stereocenters. The van der Waals surface area contributed by atoms with Gasteiger partial charge in [-0.25, -0.2) is 0 Å². The van der Waals surface area contributed by atoms with Crippen LogP contribution in [-0.2, 0) is 14.3 Å². The van der Waals surface area contributed by atoms with Crippen molar-refractivity contribution in [3.05, 3.63) is 12.7 Å². The van der Waals surface area contributed by atoms with E-state index in [1.807, 2.05) is 6.08 Å². The largest absolute Gasteiger partial charge is 1.00 e. The first kappa shape index (κ1) is 23.7. The number of aliphatic carboxylic acids is 1. The van der Waals surface area contributed by atoms with E-state index < -0.39 is 17.8 Å². The molecule has 0 aromatic heterocycles. The van der Waals surface area contributed by atoms with Gasteiger partial charge in [0.05, 0.1) is 12.5 Å². The van der Waals surface area contributed by atoms with Crippen LogP contribution in [-0.4, -0.2) is 18.5 Å². The Hall–Kier alpha value is -0.320. The smallest absolute Gasteiger partial charge is 0.550 e. The molecule has 0 heterocycles. The van der Waals surface area contributed by atoms with Crippen molar-refractivity contribution in [3.8, 4) is 0 Å². The maximum atomic E-state index is 12.0. The number of carboxylic acid groups (broad SMARTS) is 1. The fourth-order valence-corrected chi connectivity index (χ4v) is 3.25. The van der Waals surface area contributed by atoms with Gasteiger partial charge in [0.1, 0.15) is 0 Å². The van der Waals surface area contributed by atoms with Crippen molar-refractivity contribution in [2.75, 3.05) is 6.61 Å². The van der Waals surface area contributed by atoms with Gasteiger partial charge in [-0.3, -0.25) is 4.79 Å². The van der Waals surface area contributed by atoms with E-state index in [1.165, 1.54) is 25.7 Å². The molecule has 0 aromatic rings. The number of carbonyl (C=O) groups excluding carboxylic acids is 2. The minimum Gasteiger partial charge on any atom is -0.550 e. The summed E-state index contributed by atoms with van der Waals surface area (Å²) in [6.45, 7) is 4.12. The van der Waals surface area contributed by atoms with Crippen LogP contribution in [0.3, 0.4) is 0 Å². The van der Waals surface area contributed by atoms with E-state index in [0.717, 1.165) is 38.5 Å². The molecular formula is C19H31NaO4. The molecule has 0 spiro atoms. The summed E-state index contributed by atoms with van der Waals surface area (Å²) in [5.74, 6) is -2.61. The molecule has 0 bridgehead atoms. The Bertz CT molecular complexity index is 370. The number of allylic oxidation sites excluding steroid dienone is 1. The second-order valence-corrected chi connectivity index (χ2v) is 6.54. The Morgan fingerprint density at radius 2 is 1.50 bits per heavy atom. The van der Waals surface area contributed by atoms with Gasteiger partial charge in [-0.05, 0) is 32.1 Å². The van der Waals surface area contributed by atoms with Gasteiger partial charge in [0, 0.05) is 11.9 Å². The molecule has 0 saturated heterocycles. The average Bonchev–Trinajstić information content (AvgIpc) is 2.56. The molecule has 1 saturated carbocycles. The van der Waals surface area contributed by atoms with Crippen molar-refractivity contribution in [2.24, 2.45) is 11.8 Å². The van der Waals surface area contributed by atoms with Gasteiger partial charge in [-0.15, -0.1) is 6.58 Å². The first-order chi connectivity index (χ1) is 11.2. The minimum absolute atomic E-state index is 0. The molecule has 0 amide bonds. The zero-order valence-electron chi connectivity index (χ0n) is 15.3. The van der Waals surface area contributed by atoms with Gasteiger partial charge in [0.25, 0.3) is 0 Å². The van der Waals surface area contributed by atoms with Crippen LogP contribution in [0.15, 0.2) is 12.7 Å². The van der Waals surface area contributed by atoms with E-state index in [0.29, 0.717) is 19.4 Å². The quantitative estimate of drug-likeness (QED) is 0.222. The van der Waals surface area contributed by atoms with Crippen molar-refractivity contribution >= 4 is 11.9 Å². The molecule has 4 nitrogen and oxygen atoms in total. The molecule has 1 rings (SSSR count). The van der Waals surface area contributed by atoms with E-state index in [-0.39, 0.29) is 35.5 Å². The number of rotatable bonds is 12. The van der Waals surface area contributed by atoms with Gasteiger partial charge in [0.2, 0.25) is 0 Å². The SMILES string of the molecule is C=CCCCCCCCCCOC(=O)C1CCCCC1C(=O)[O-].[Na+]. The van der Waals surface area contributed by atoms with Crippen LogP contribution in [0.2, 0.25) is 0 Å². The van der Waals surface area contributed by atoms with Crippen LogP contribution in [0.5, 0.6) is 0 Å². The van der Waals surface area contributed by atoms with Crippen molar-refractivity contribution in [3.63, 3.8) is 0 Å². The number of carboxylic acids is 1. The third-order valence-electron chi connectivity index (χ3n) is 4.67. The second kappa shape index (κ2) is 15.0. The minimum atomic E-state index is -1.11. The maximum Gasteiger partial charge on any atom is 1.00 e. The third-order valence-corrected chi connectivity index (χ3v) is 4.67. The van der Waals surface area contributed by atoms with Gasteiger partial charge in [-0.1, -0.05) is 51.0 Å². The summed E-state index contributed by atoms with van der Waals surface area (Å²) in [6, 6.07) is 0. The van der Waals surface area contributed by atoms with Crippen molar-refractivity contribution < 1.29 is 49.0 Å². The summed E-state index contributed by atoms with van der Waals surface area (Å²) in [5.41, 5.74) is 0. The molecule has 1 fully saturated rings. The fourth-order valence-electron chi connectivity index (χ4n) is 3.25. The van der Waals surface area contributed by atoms with Crippen LogP contribution in [0, 0.1) is 11.8 Å². The van der Waals surface area contributed by atoms with E-state index in [9.17, 15) is 14.7 Å². The zero-order valence-corrected chi connectivity index (χ0v) is 17.3. The normalized spacial score (nSPS) is 20.0. The number of esters is 1. The van der Waals surface area contributed by atoms with Gasteiger partial charge >= 0.3 is 35.5 Å². The molecule has 24 heavy (non-hydrogen) atoms. The first-order valence-electron chi connectivity index (χ1n) is 9.15. The van der Waals surface area contributed by atoms with Crippen LogP contribution in [0.4, 0.5) is 0 Å². The Kier molecular flexibility index (Phi) is 14.8. The summed E-state index contributed by atoms with van der Waals surface area (Å²) >= 11 is 0. The summed E-state index contributed by atoms with van der Waals surface area (Å²) < 4.78 is 5.28. The second-order valence-electron chi connectivity index (χ2n) is 6.54. The Labute approximate surface area is 168 Å². The average molecular weight is 346 g/mol. The Morgan fingerprint density at radius 1 is 0.958 bits per heavy atom. The van der Waals surface area contributed by atoms with E-state index in [2.05, 4.69) is 6.58 Å². The van der Waals surface area contributed by atoms with Crippen molar-refractivity contribution in [1.29, 1.82) is 0 Å². The van der Waals surface area contributed by atoms with Crippen LogP contribution in [0.1, 0.15) is 77.0 Å². The van der Waals surface area contributed by atoms with E-state index in [1.54, 1.807) is 0 Å². The number of hydrogen-bond donors (Lipinski definition) is 0. The molecular weight excluding hydrogens is 315 g/mol. The Morgan fingerprint density at radius 3 is 2.08 bits per heavy atom. The number of hydrogen-bond acceptors (Lipinski definition) is 4. The molecule has 5 heteroatoms. The summed E-state index contributed by atoms with van der Waals surface area (Å²) in [5, 5.41) is 11.1. The predicted molar refractivity (Wildman–Crippen MR) is 88.5 cm³/mol. The number of unbranched alkanes of at least 4 members (excludes halogenated alkanes) is 7. The number of carbonyl (C=O) groups is 2. The van der Waals surface area contributed by atoms with Gasteiger partial charge < -0.3 is 14.6 Å². The fraction of sp³-hybridized carbons (Fsp3) is 0.789. The number of ether oxygens (including phenoxy) is 1. The zero-order chi connectivity index (χ0) is 16.9. The molecule has 1 aliphatic rings. The summed E-state index contributed by atoms with van der Waals surface area (Å²) in [4.78, 5) is 23.1. The predicted octanol–water partition coefficient (Wildman–Crippen LogP) is 0.397. The molecule has 1 aliphatic carbocycles. The van der Waals surface area contributed by atoms with Crippen molar-refractivity contribution in [2.45, 2.75) is 77.0 Å². The van der Waals surface area contributed by atoms with Crippen LogP contribution >= 0.6 is 0 Å².